The van der Waals surface area contributed by atoms with Gasteiger partial charge in [0.15, 0.2) is 0 Å². The molecule has 3 rings (SSSR count). The molecule has 0 spiro atoms. The largest absolute Gasteiger partial charge is 0.348 e. The summed E-state index contributed by atoms with van der Waals surface area (Å²) >= 11 is 0. The van der Waals surface area contributed by atoms with Crippen molar-refractivity contribution in [1.82, 2.24) is 24.5 Å². The predicted octanol–water partition coefficient (Wildman–Crippen LogP) is 1.43. The first-order chi connectivity index (χ1) is 13.5. The van der Waals surface area contributed by atoms with Crippen molar-refractivity contribution in [2.75, 3.05) is 46.8 Å². The van der Waals surface area contributed by atoms with E-state index in [2.05, 4.69) is 10.00 Å². The summed E-state index contributed by atoms with van der Waals surface area (Å²) in [7, 11) is 3.55. The first kappa shape index (κ1) is 20.1. The molecule has 0 unspecified atom stereocenters. The van der Waals surface area contributed by atoms with E-state index in [1.807, 2.05) is 52.3 Å². The maximum atomic E-state index is 12.6. The number of likely N-dealkylation sites (N-methyl/N-ethyl adjacent to an activating group) is 1. The average molecular weight is 383 g/mol. The quantitative estimate of drug-likeness (QED) is 0.757. The summed E-state index contributed by atoms with van der Waals surface area (Å²) in [4.78, 5) is 30.2. The van der Waals surface area contributed by atoms with Crippen molar-refractivity contribution in [3.05, 3.63) is 48.3 Å². The molecule has 0 N–H and O–H groups in total. The number of para-hydroxylation sites is 1. The van der Waals surface area contributed by atoms with Crippen LogP contribution in [0.5, 0.6) is 0 Å². The van der Waals surface area contributed by atoms with Crippen LogP contribution in [0.15, 0.2) is 42.7 Å². The number of benzene rings is 1. The number of hydrogen-bond acceptors (Lipinski definition) is 4. The summed E-state index contributed by atoms with van der Waals surface area (Å²) in [5.41, 5.74) is 2.07. The second kappa shape index (κ2) is 9.50. The number of carbonyl (C=O) groups excluding carboxylic acids is 2. The lowest BCUT2D eigenvalue weighted by molar-refractivity contribution is -0.131. The Labute approximate surface area is 166 Å². The minimum absolute atomic E-state index is 0.107. The number of aromatic nitrogens is 2. The SMILES string of the molecule is CN(C)C(=O)CN1CCCN(C(=O)CCc2cnn(-c3ccccc3)c2)CC1. The van der Waals surface area contributed by atoms with Crippen molar-refractivity contribution in [1.29, 1.82) is 0 Å². The summed E-state index contributed by atoms with van der Waals surface area (Å²) in [6.45, 7) is 3.47. The molecule has 2 heterocycles. The first-order valence-electron chi connectivity index (χ1n) is 9.82. The molecular weight excluding hydrogens is 354 g/mol. The van der Waals surface area contributed by atoms with Gasteiger partial charge in [0.1, 0.15) is 0 Å². The van der Waals surface area contributed by atoms with Crippen molar-refractivity contribution >= 4 is 11.8 Å². The fourth-order valence-corrected chi connectivity index (χ4v) is 3.33. The molecule has 1 fully saturated rings. The highest BCUT2D eigenvalue weighted by Crippen LogP contribution is 2.11. The zero-order valence-electron chi connectivity index (χ0n) is 16.8. The lowest BCUT2D eigenvalue weighted by Gasteiger charge is -2.22. The van der Waals surface area contributed by atoms with Crippen molar-refractivity contribution in [2.45, 2.75) is 19.3 Å². The van der Waals surface area contributed by atoms with Gasteiger partial charge in [0.25, 0.3) is 0 Å². The van der Waals surface area contributed by atoms with Crippen LogP contribution in [0.1, 0.15) is 18.4 Å². The molecule has 1 aromatic carbocycles. The minimum Gasteiger partial charge on any atom is -0.348 e. The highest BCUT2D eigenvalue weighted by atomic mass is 16.2. The minimum atomic E-state index is 0.107. The fraction of sp³-hybridized carbons (Fsp3) is 0.476. The third-order valence-electron chi connectivity index (χ3n) is 5.08. The number of hydrogen-bond donors (Lipinski definition) is 0. The Kier molecular flexibility index (Phi) is 6.81. The van der Waals surface area contributed by atoms with Gasteiger partial charge in [-0.1, -0.05) is 18.2 Å². The van der Waals surface area contributed by atoms with Gasteiger partial charge < -0.3 is 9.80 Å². The molecule has 7 nitrogen and oxygen atoms in total. The van der Waals surface area contributed by atoms with Crippen LogP contribution < -0.4 is 0 Å². The van der Waals surface area contributed by atoms with E-state index in [9.17, 15) is 9.59 Å². The average Bonchev–Trinajstić information content (AvgIpc) is 3.06. The van der Waals surface area contributed by atoms with Crippen molar-refractivity contribution in [3.8, 4) is 5.69 Å². The Bertz CT molecular complexity index is 787. The van der Waals surface area contributed by atoms with E-state index >= 15 is 0 Å². The van der Waals surface area contributed by atoms with Gasteiger partial charge in [-0.3, -0.25) is 14.5 Å². The van der Waals surface area contributed by atoms with Gasteiger partial charge in [-0.2, -0.15) is 5.10 Å². The molecule has 1 aliphatic heterocycles. The Morgan fingerprint density at radius 3 is 2.61 bits per heavy atom. The van der Waals surface area contributed by atoms with Crippen LogP contribution >= 0.6 is 0 Å². The number of nitrogens with zero attached hydrogens (tertiary/aromatic N) is 5. The summed E-state index contributed by atoms with van der Waals surface area (Å²) in [6.07, 6.45) is 5.89. The van der Waals surface area contributed by atoms with E-state index in [-0.39, 0.29) is 11.8 Å². The van der Waals surface area contributed by atoms with Gasteiger partial charge >= 0.3 is 0 Å². The maximum absolute atomic E-state index is 12.6. The van der Waals surface area contributed by atoms with Crippen molar-refractivity contribution in [3.63, 3.8) is 0 Å². The van der Waals surface area contributed by atoms with Gasteiger partial charge in [-0.15, -0.1) is 0 Å². The Balaban J connectivity index is 1.47. The Morgan fingerprint density at radius 1 is 1.07 bits per heavy atom. The summed E-state index contributed by atoms with van der Waals surface area (Å²) < 4.78 is 1.84. The van der Waals surface area contributed by atoms with Gasteiger partial charge in [0, 0.05) is 52.9 Å². The van der Waals surface area contributed by atoms with Crippen LogP contribution in [0, 0.1) is 0 Å². The van der Waals surface area contributed by atoms with E-state index in [1.165, 1.54) is 0 Å². The molecule has 150 valence electrons. The smallest absolute Gasteiger partial charge is 0.236 e. The van der Waals surface area contributed by atoms with E-state index < -0.39 is 0 Å². The first-order valence-corrected chi connectivity index (χ1v) is 9.82. The van der Waals surface area contributed by atoms with Gasteiger partial charge in [-0.05, 0) is 30.5 Å². The Hall–Kier alpha value is -2.67. The second-order valence-electron chi connectivity index (χ2n) is 7.43. The molecular formula is C21H29N5O2. The molecule has 1 aliphatic rings. The lowest BCUT2D eigenvalue weighted by Crippen LogP contribution is -2.39. The lowest BCUT2D eigenvalue weighted by atomic mass is 10.2. The monoisotopic (exact) mass is 383 g/mol. The summed E-state index contributed by atoms with van der Waals surface area (Å²) in [6, 6.07) is 9.95. The molecule has 28 heavy (non-hydrogen) atoms. The standard InChI is InChI=1S/C21H29N5O2/c1-23(2)21(28)17-24-11-6-12-25(14-13-24)20(27)10-9-18-15-22-26(16-18)19-7-4-3-5-8-19/h3-5,7-8,15-16H,6,9-14,17H2,1-2H3. The van der Waals surface area contributed by atoms with Gasteiger partial charge in [-0.25, -0.2) is 4.68 Å². The van der Waals surface area contributed by atoms with E-state index in [1.54, 1.807) is 19.0 Å². The molecule has 0 aliphatic carbocycles. The van der Waals surface area contributed by atoms with Crippen LogP contribution in [0.4, 0.5) is 0 Å². The van der Waals surface area contributed by atoms with E-state index in [4.69, 9.17) is 0 Å². The number of rotatable bonds is 6. The van der Waals surface area contributed by atoms with Gasteiger partial charge in [0.05, 0.1) is 18.4 Å². The van der Waals surface area contributed by atoms with Crippen LogP contribution in [-0.2, 0) is 16.0 Å². The third kappa shape index (κ3) is 5.42. The molecule has 1 aromatic heterocycles. The van der Waals surface area contributed by atoms with Crippen LogP contribution in [0.3, 0.4) is 0 Å². The number of aryl methyl sites for hydroxylation is 1. The van der Waals surface area contributed by atoms with Crippen molar-refractivity contribution in [2.24, 2.45) is 0 Å². The second-order valence-corrected chi connectivity index (χ2v) is 7.43. The molecule has 0 bridgehead atoms. The van der Waals surface area contributed by atoms with Crippen molar-refractivity contribution < 1.29 is 9.59 Å². The highest BCUT2D eigenvalue weighted by molar-refractivity contribution is 5.78. The maximum Gasteiger partial charge on any atom is 0.236 e. The van der Waals surface area contributed by atoms with Crippen LogP contribution in [0.25, 0.3) is 5.69 Å². The molecule has 0 atom stereocenters. The van der Waals surface area contributed by atoms with E-state index in [0.717, 1.165) is 37.3 Å². The summed E-state index contributed by atoms with van der Waals surface area (Å²) in [5, 5.41) is 4.39. The third-order valence-corrected chi connectivity index (χ3v) is 5.08. The normalized spacial score (nSPS) is 15.3. The zero-order chi connectivity index (χ0) is 19.9. The summed E-state index contributed by atoms with van der Waals surface area (Å²) in [5.74, 6) is 0.281. The van der Waals surface area contributed by atoms with Crippen LogP contribution in [0.2, 0.25) is 0 Å². The van der Waals surface area contributed by atoms with Crippen LogP contribution in [-0.4, -0.2) is 83.1 Å². The molecule has 2 aromatic rings. The predicted molar refractivity (Wildman–Crippen MR) is 108 cm³/mol. The molecule has 7 heteroatoms. The zero-order valence-corrected chi connectivity index (χ0v) is 16.8. The fourth-order valence-electron chi connectivity index (χ4n) is 3.33. The molecule has 2 amide bonds. The molecule has 1 saturated heterocycles. The molecule has 0 radical (unpaired) electrons. The number of carbonyl (C=O) groups is 2. The Morgan fingerprint density at radius 2 is 1.86 bits per heavy atom. The van der Waals surface area contributed by atoms with Gasteiger partial charge in [0.2, 0.25) is 11.8 Å². The highest BCUT2D eigenvalue weighted by Gasteiger charge is 2.20. The molecule has 0 saturated carbocycles. The number of amides is 2. The van der Waals surface area contributed by atoms with E-state index in [0.29, 0.717) is 25.9 Å². The topological polar surface area (TPSA) is 61.7 Å².